The summed E-state index contributed by atoms with van der Waals surface area (Å²) in [5.74, 6) is -0.744. The minimum atomic E-state index is -1.32. The highest BCUT2D eigenvalue weighted by Crippen LogP contribution is 2.25. The Labute approximate surface area is 179 Å². The van der Waals surface area contributed by atoms with Gasteiger partial charge in [-0.05, 0) is 22.3 Å². The van der Waals surface area contributed by atoms with Crippen LogP contribution in [0, 0.1) is 0 Å². The summed E-state index contributed by atoms with van der Waals surface area (Å²) in [5.41, 5.74) is 9.54. The molecule has 1 heterocycles. The third kappa shape index (κ3) is 5.68. The van der Waals surface area contributed by atoms with E-state index in [9.17, 15) is 14.3 Å². The van der Waals surface area contributed by atoms with Crippen LogP contribution in [0.5, 0.6) is 0 Å². The fraction of sp³-hybridized carbons (Fsp3) is 0.381. The highest BCUT2D eigenvalue weighted by molar-refractivity contribution is 6.53. The molecule has 0 unspecified atom stereocenters. The van der Waals surface area contributed by atoms with Crippen molar-refractivity contribution in [2.45, 2.75) is 29.6 Å². The van der Waals surface area contributed by atoms with Gasteiger partial charge in [0.15, 0.2) is 4.84 Å². The summed E-state index contributed by atoms with van der Waals surface area (Å²) in [6.45, 7) is 1.81. The predicted molar refractivity (Wildman–Crippen MR) is 113 cm³/mol. The number of likely N-dealkylation sites (tertiary alicyclic amines) is 1. The highest BCUT2D eigenvalue weighted by Gasteiger charge is 2.25. The monoisotopic (exact) mass is 439 g/mol. The number of alkyl halides is 3. The Morgan fingerprint density at radius 1 is 1.14 bits per heavy atom. The Morgan fingerprint density at radius 3 is 2.17 bits per heavy atom. The van der Waals surface area contributed by atoms with Crippen LogP contribution in [0.1, 0.15) is 17.2 Å². The minimum Gasteiger partial charge on any atom is -0.386 e. The summed E-state index contributed by atoms with van der Waals surface area (Å²) < 4.78 is 13.3. The number of nitrogens with two attached hydrogens (primary N) is 1. The van der Waals surface area contributed by atoms with E-state index in [-0.39, 0.29) is 0 Å². The molecule has 1 aliphatic rings. The topological polar surface area (TPSA) is 78.6 Å². The van der Waals surface area contributed by atoms with E-state index in [0.717, 1.165) is 30.8 Å². The van der Waals surface area contributed by atoms with Gasteiger partial charge in [-0.1, -0.05) is 71.7 Å². The molecule has 29 heavy (non-hydrogen) atoms. The lowest BCUT2D eigenvalue weighted by molar-refractivity contribution is -0.121. The van der Waals surface area contributed by atoms with Crippen molar-refractivity contribution in [2.75, 3.05) is 19.8 Å². The van der Waals surface area contributed by atoms with Crippen molar-refractivity contribution in [3.05, 3.63) is 59.7 Å². The van der Waals surface area contributed by atoms with Crippen LogP contribution in [-0.2, 0) is 11.3 Å². The molecule has 0 aromatic heterocycles. The Bertz CT molecular complexity index is 812. The summed E-state index contributed by atoms with van der Waals surface area (Å²) in [6.07, 6.45) is -1.21. The van der Waals surface area contributed by atoms with Gasteiger partial charge < -0.3 is 16.2 Å². The number of nitrogens with one attached hydrogen (secondary N) is 1. The van der Waals surface area contributed by atoms with Gasteiger partial charge in [-0.25, -0.2) is 4.39 Å². The zero-order valence-electron chi connectivity index (χ0n) is 15.8. The Hall–Kier alpha value is -1.70. The average molecular weight is 440 g/mol. The van der Waals surface area contributed by atoms with Gasteiger partial charge in [0.2, 0.25) is 0 Å². The summed E-state index contributed by atoms with van der Waals surface area (Å²) in [5, 5.41) is 12.7. The third-order valence-electron chi connectivity index (χ3n) is 5.00. The molecule has 5 nitrogen and oxygen atoms in total. The molecule has 0 radical (unpaired) electrons. The van der Waals surface area contributed by atoms with Gasteiger partial charge in [-0.3, -0.25) is 9.69 Å². The van der Waals surface area contributed by atoms with Crippen LogP contribution in [0.25, 0.3) is 11.1 Å². The first kappa shape index (κ1) is 22.0. The quantitative estimate of drug-likeness (QED) is 0.552. The molecule has 0 saturated carbocycles. The maximum atomic E-state index is 13.3. The molecule has 1 fully saturated rings. The first-order valence-corrected chi connectivity index (χ1v) is 10.2. The molecule has 2 atom stereocenters. The number of carbonyl (C=O) groups is 1. The molecule has 0 bridgehead atoms. The van der Waals surface area contributed by atoms with Crippen molar-refractivity contribution in [3.8, 4) is 11.1 Å². The van der Waals surface area contributed by atoms with E-state index in [4.69, 9.17) is 28.9 Å². The second-order valence-electron chi connectivity index (χ2n) is 7.29. The number of nitrogens with zero attached hydrogens (tertiary/aromatic N) is 1. The number of hydrogen-bond donors (Lipinski definition) is 3. The molecule has 1 aliphatic heterocycles. The van der Waals surface area contributed by atoms with Gasteiger partial charge in [-0.15, -0.1) is 0 Å². The fourth-order valence-electron chi connectivity index (χ4n) is 3.35. The molecular formula is C21H24Cl2FN3O2. The van der Waals surface area contributed by atoms with Crippen molar-refractivity contribution in [1.29, 1.82) is 0 Å². The molecule has 3 rings (SSSR count). The third-order valence-corrected chi connectivity index (χ3v) is 5.40. The summed E-state index contributed by atoms with van der Waals surface area (Å²) in [4.78, 5) is 12.5. The van der Waals surface area contributed by atoms with Crippen LogP contribution < -0.4 is 11.1 Å². The number of aliphatic hydroxyl groups excluding tert-OH is 1. The molecule has 1 saturated heterocycles. The number of hydrogen-bond acceptors (Lipinski definition) is 4. The van der Waals surface area contributed by atoms with Crippen LogP contribution in [0.3, 0.4) is 0 Å². The van der Waals surface area contributed by atoms with Crippen LogP contribution >= 0.6 is 23.2 Å². The number of halogens is 3. The average Bonchev–Trinajstić information content (AvgIpc) is 2.70. The second-order valence-corrected chi connectivity index (χ2v) is 8.38. The van der Waals surface area contributed by atoms with E-state index in [2.05, 4.69) is 22.3 Å². The first-order valence-electron chi connectivity index (χ1n) is 9.37. The fourth-order valence-corrected chi connectivity index (χ4v) is 3.48. The predicted octanol–water partition coefficient (Wildman–Crippen LogP) is 2.79. The zero-order valence-corrected chi connectivity index (χ0v) is 17.3. The van der Waals surface area contributed by atoms with Crippen LogP contribution in [0.15, 0.2) is 48.5 Å². The lowest BCUT2D eigenvalue weighted by Gasteiger charge is -2.36. The van der Waals surface area contributed by atoms with Crippen molar-refractivity contribution in [3.63, 3.8) is 0 Å². The molecule has 1 amide bonds. The number of rotatable bonds is 8. The second kappa shape index (κ2) is 9.87. The first-order chi connectivity index (χ1) is 13.9. The van der Waals surface area contributed by atoms with Gasteiger partial charge in [0.1, 0.15) is 12.8 Å². The Balaban J connectivity index is 1.63. The molecular weight excluding hydrogens is 416 g/mol. The summed E-state index contributed by atoms with van der Waals surface area (Å²) in [6, 6.07) is 14.6. The van der Waals surface area contributed by atoms with E-state index in [1.807, 2.05) is 24.3 Å². The van der Waals surface area contributed by atoms with Crippen LogP contribution in [-0.4, -0.2) is 52.6 Å². The maximum absolute atomic E-state index is 13.3. The maximum Gasteiger partial charge on any atom is 0.253 e. The Morgan fingerprint density at radius 2 is 1.69 bits per heavy atom. The molecule has 2 aromatic rings. The minimum absolute atomic E-state index is 0.291. The lowest BCUT2D eigenvalue weighted by atomic mass is 9.98. The van der Waals surface area contributed by atoms with Crippen molar-refractivity contribution >= 4 is 29.1 Å². The molecule has 156 valence electrons. The number of amides is 1. The largest absolute Gasteiger partial charge is 0.386 e. The zero-order chi connectivity index (χ0) is 21.0. The van der Waals surface area contributed by atoms with Gasteiger partial charge in [0.05, 0.1) is 6.04 Å². The number of aliphatic hydroxyl groups is 1. The van der Waals surface area contributed by atoms with Gasteiger partial charge >= 0.3 is 0 Å². The summed E-state index contributed by atoms with van der Waals surface area (Å²) >= 11 is 10.9. The Kier molecular flexibility index (Phi) is 7.49. The smallest absolute Gasteiger partial charge is 0.253 e. The molecule has 8 heteroatoms. The molecule has 2 aromatic carbocycles. The van der Waals surface area contributed by atoms with Crippen molar-refractivity contribution in [1.82, 2.24) is 10.2 Å². The van der Waals surface area contributed by atoms with Gasteiger partial charge in [-0.2, -0.15) is 0 Å². The van der Waals surface area contributed by atoms with E-state index < -0.39 is 29.6 Å². The molecule has 4 N–H and O–H groups in total. The lowest BCUT2D eigenvalue weighted by Crippen LogP contribution is -2.54. The SMILES string of the molecule is NC1CN(Cc2ccc(-c3ccc([C@@H](O)[C@@H](CF)NC(=O)C(Cl)Cl)cc3)cc2)C1. The van der Waals surface area contributed by atoms with E-state index in [1.165, 1.54) is 5.56 Å². The number of benzene rings is 2. The van der Waals surface area contributed by atoms with Crippen molar-refractivity contribution in [2.24, 2.45) is 5.73 Å². The van der Waals surface area contributed by atoms with Crippen LogP contribution in [0.2, 0.25) is 0 Å². The van der Waals surface area contributed by atoms with E-state index in [1.54, 1.807) is 12.1 Å². The highest BCUT2D eigenvalue weighted by atomic mass is 35.5. The van der Waals surface area contributed by atoms with Crippen LogP contribution in [0.4, 0.5) is 4.39 Å². The van der Waals surface area contributed by atoms with E-state index >= 15 is 0 Å². The summed E-state index contributed by atoms with van der Waals surface area (Å²) in [7, 11) is 0. The van der Waals surface area contributed by atoms with E-state index in [0.29, 0.717) is 11.6 Å². The molecule has 0 spiro atoms. The normalized spacial score (nSPS) is 17.0. The number of carbonyl (C=O) groups excluding carboxylic acids is 1. The standard InChI is InChI=1S/C21H24Cl2FN3O2/c22-20(23)21(29)26-18(9-24)19(28)16-7-5-15(6-8-16)14-3-1-13(2-4-14)10-27-11-17(25)12-27/h1-8,17-20,28H,9-12,25H2,(H,26,29)/t18-,19-/m1/s1. The van der Waals surface area contributed by atoms with Gasteiger partial charge in [0, 0.05) is 25.7 Å². The molecule has 0 aliphatic carbocycles. The van der Waals surface area contributed by atoms with Gasteiger partial charge in [0.25, 0.3) is 5.91 Å². The van der Waals surface area contributed by atoms with Crippen molar-refractivity contribution < 1.29 is 14.3 Å².